The van der Waals surface area contributed by atoms with Crippen LogP contribution in [-0.2, 0) is 32.7 Å². The van der Waals surface area contributed by atoms with E-state index in [4.69, 9.17) is 18.5 Å². The van der Waals surface area contributed by atoms with Crippen LogP contribution in [0.5, 0.6) is 0 Å². The van der Waals surface area contributed by atoms with Crippen LogP contribution in [0.1, 0.15) is 226 Å². The molecule has 13 nitrogen and oxygen atoms in total. The quantitative estimate of drug-likeness (QED) is 0.0192. The van der Waals surface area contributed by atoms with Crippen LogP contribution in [0.15, 0.2) is 0 Å². The monoisotopic (exact) mass is 881 g/mol. The molecule has 0 heterocycles. The highest BCUT2D eigenvalue weighted by atomic mass is 31.2. The van der Waals surface area contributed by atoms with Gasteiger partial charge in [0, 0.05) is 12.8 Å². The van der Waals surface area contributed by atoms with Gasteiger partial charge in [-0.3, -0.25) is 18.6 Å². The second-order valence-electron chi connectivity index (χ2n) is 17.3. The zero-order valence-corrected chi connectivity index (χ0v) is 38.7. The molecule has 0 aliphatic heterocycles. The Morgan fingerprint density at radius 3 is 1.10 bits per heavy atom. The molecule has 1 fully saturated rings. The molecule has 0 aromatic heterocycles. The molecule has 6 N–H and O–H groups in total. The molecule has 60 heavy (non-hydrogen) atoms. The predicted octanol–water partition coefficient (Wildman–Crippen LogP) is 9.67. The average Bonchev–Trinajstić information content (AvgIpc) is 3.23. The lowest BCUT2D eigenvalue weighted by molar-refractivity contribution is -0.220. The fraction of sp³-hybridized carbons (Fsp3) is 0.957. The van der Waals surface area contributed by atoms with Crippen molar-refractivity contribution >= 4 is 19.8 Å². The zero-order valence-electron chi connectivity index (χ0n) is 37.8. The van der Waals surface area contributed by atoms with Gasteiger partial charge in [-0.25, -0.2) is 4.57 Å². The van der Waals surface area contributed by atoms with Gasteiger partial charge in [0.2, 0.25) is 0 Å². The molecule has 1 rings (SSSR count). The first-order valence-electron chi connectivity index (χ1n) is 24.3. The Balaban J connectivity index is 2.42. The fourth-order valence-corrected chi connectivity index (χ4v) is 8.73. The van der Waals surface area contributed by atoms with Gasteiger partial charge in [0.05, 0.1) is 6.61 Å². The van der Waals surface area contributed by atoms with Gasteiger partial charge in [0.15, 0.2) is 6.10 Å². The average molecular weight is 881 g/mol. The van der Waals surface area contributed by atoms with Gasteiger partial charge in [-0.2, -0.15) is 0 Å². The fourth-order valence-electron chi connectivity index (χ4n) is 7.76. The molecule has 0 aromatic rings. The lowest BCUT2D eigenvalue weighted by Gasteiger charge is -2.41. The number of esters is 2. The highest BCUT2D eigenvalue weighted by molar-refractivity contribution is 7.47. The van der Waals surface area contributed by atoms with Crippen molar-refractivity contribution in [1.82, 2.24) is 0 Å². The van der Waals surface area contributed by atoms with E-state index in [0.717, 1.165) is 38.5 Å². The van der Waals surface area contributed by atoms with E-state index in [0.29, 0.717) is 12.8 Å². The van der Waals surface area contributed by atoms with Crippen LogP contribution in [0.4, 0.5) is 0 Å². The number of ether oxygens (including phenoxy) is 2. The van der Waals surface area contributed by atoms with Gasteiger partial charge in [-0.1, -0.05) is 200 Å². The molecule has 1 aliphatic rings. The number of unbranched alkanes of at least 4 members (excludes halogenated alkanes) is 29. The third kappa shape index (κ3) is 29.3. The number of aliphatic hydroxyl groups excluding tert-OH is 5. The number of rotatable bonds is 41. The highest BCUT2D eigenvalue weighted by Crippen LogP contribution is 2.47. The molecule has 1 saturated carbocycles. The molecule has 6 atom stereocenters. The van der Waals surface area contributed by atoms with E-state index in [-0.39, 0.29) is 12.8 Å². The van der Waals surface area contributed by atoms with Crippen molar-refractivity contribution in [2.75, 3.05) is 13.2 Å². The van der Waals surface area contributed by atoms with E-state index in [1.165, 1.54) is 148 Å². The lowest BCUT2D eigenvalue weighted by atomic mass is 9.85. The molecule has 0 bridgehead atoms. The summed E-state index contributed by atoms with van der Waals surface area (Å²) in [6.45, 7) is 3.33. The Morgan fingerprint density at radius 2 is 0.750 bits per heavy atom. The van der Waals surface area contributed by atoms with Crippen molar-refractivity contribution in [3.63, 3.8) is 0 Å². The van der Waals surface area contributed by atoms with Crippen LogP contribution in [-0.4, -0.2) is 98.3 Å². The van der Waals surface area contributed by atoms with Crippen LogP contribution in [0.3, 0.4) is 0 Å². The number of hydrogen-bond donors (Lipinski definition) is 6. The number of carbonyl (C=O) groups is 2. The van der Waals surface area contributed by atoms with Crippen molar-refractivity contribution in [2.45, 2.75) is 268 Å². The summed E-state index contributed by atoms with van der Waals surface area (Å²) in [6, 6.07) is 0. The molecule has 14 heteroatoms. The first kappa shape index (κ1) is 56.9. The molecule has 0 aromatic carbocycles. The van der Waals surface area contributed by atoms with Gasteiger partial charge in [-0.05, 0) is 12.8 Å². The van der Waals surface area contributed by atoms with Gasteiger partial charge >= 0.3 is 19.8 Å². The topological polar surface area (TPSA) is 210 Å². The molecule has 1 aliphatic carbocycles. The molecule has 356 valence electrons. The van der Waals surface area contributed by atoms with Crippen molar-refractivity contribution < 1.29 is 63.1 Å². The minimum Gasteiger partial charge on any atom is -0.462 e. The maximum absolute atomic E-state index is 12.8. The van der Waals surface area contributed by atoms with Crippen molar-refractivity contribution in [1.29, 1.82) is 0 Å². The van der Waals surface area contributed by atoms with Crippen LogP contribution >= 0.6 is 7.82 Å². The van der Waals surface area contributed by atoms with Crippen LogP contribution < -0.4 is 0 Å². The third-order valence-electron chi connectivity index (χ3n) is 11.7. The van der Waals surface area contributed by atoms with Gasteiger partial charge in [0.25, 0.3) is 0 Å². The summed E-state index contributed by atoms with van der Waals surface area (Å²) < 4.78 is 33.6. The Kier molecular flexibility index (Phi) is 35.3. The maximum atomic E-state index is 12.8. The van der Waals surface area contributed by atoms with Crippen LogP contribution in [0.25, 0.3) is 0 Å². The predicted molar refractivity (Wildman–Crippen MR) is 235 cm³/mol. The smallest absolute Gasteiger partial charge is 0.462 e. The van der Waals surface area contributed by atoms with Gasteiger partial charge < -0.3 is 39.9 Å². The van der Waals surface area contributed by atoms with Crippen molar-refractivity contribution in [3.05, 3.63) is 0 Å². The second-order valence-corrected chi connectivity index (χ2v) is 18.7. The molecule has 0 saturated heterocycles. The lowest BCUT2D eigenvalue weighted by Crippen LogP contribution is -2.64. The Bertz CT molecular complexity index is 1060. The number of carbonyl (C=O) groups excluding carboxylic acids is 2. The molecular weight excluding hydrogens is 791 g/mol. The van der Waals surface area contributed by atoms with E-state index in [9.17, 15) is 44.6 Å². The van der Waals surface area contributed by atoms with E-state index in [2.05, 4.69) is 13.8 Å². The summed E-state index contributed by atoms with van der Waals surface area (Å²) in [5, 5.41) is 50.2. The normalized spacial score (nSPS) is 22.1. The standard InChI is InChI=1S/C46H89O13P/c1-3-5-7-9-11-13-15-17-19-21-23-25-27-29-31-33-35-40(48)58-38(37-57-60(54,55)59-46-44(52)42(50)41(49)43(51)45(46)53)36-56-39(47)34-32-30-28-26-24-22-20-18-16-14-12-10-8-6-4-2/h38,41-46,49-53H,3-37H2,1-2H3,(H,54,55). The van der Waals surface area contributed by atoms with Gasteiger partial charge in [0.1, 0.15) is 43.2 Å². The molecule has 0 radical (unpaired) electrons. The van der Waals surface area contributed by atoms with Crippen molar-refractivity contribution in [2.24, 2.45) is 0 Å². The van der Waals surface area contributed by atoms with Crippen LogP contribution in [0, 0.1) is 0 Å². The largest absolute Gasteiger partial charge is 0.472 e. The summed E-state index contributed by atoms with van der Waals surface area (Å²) in [4.78, 5) is 35.7. The molecule has 0 amide bonds. The summed E-state index contributed by atoms with van der Waals surface area (Å²) in [6.07, 6.45) is 24.4. The number of phosphoric ester groups is 1. The minimum atomic E-state index is -5.11. The SMILES string of the molecule is CCCCCCCCCCCCCCCCCCC(=O)OC(COC(=O)CCCCCCCCCCCCCCCCC)COP(=O)(O)OC1C(O)C(O)C(O)C(O)C1O. The highest BCUT2D eigenvalue weighted by Gasteiger charge is 2.51. The second kappa shape index (κ2) is 37.2. The summed E-state index contributed by atoms with van der Waals surface area (Å²) in [5.74, 6) is -1.08. The molecule has 6 unspecified atom stereocenters. The first-order chi connectivity index (χ1) is 28.9. The number of phosphoric acid groups is 1. The summed E-state index contributed by atoms with van der Waals surface area (Å²) in [5.41, 5.74) is 0. The summed E-state index contributed by atoms with van der Waals surface area (Å²) >= 11 is 0. The van der Waals surface area contributed by atoms with E-state index < -0.39 is 75.7 Å². The third-order valence-corrected chi connectivity index (χ3v) is 12.7. The maximum Gasteiger partial charge on any atom is 0.472 e. The minimum absolute atomic E-state index is 0.105. The Morgan fingerprint density at radius 1 is 0.450 bits per heavy atom. The zero-order chi connectivity index (χ0) is 44.3. The molecule has 0 spiro atoms. The number of aliphatic hydroxyl groups is 5. The first-order valence-corrected chi connectivity index (χ1v) is 25.8. The van der Waals surface area contributed by atoms with Crippen molar-refractivity contribution in [3.8, 4) is 0 Å². The Hall–Kier alpha value is -1.15. The summed E-state index contributed by atoms with van der Waals surface area (Å²) in [7, 11) is -5.11. The van der Waals surface area contributed by atoms with E-state index >= 15 is 0 Å². The number of hydrogen-bond acceptors (Lipinski definition) is 12. The van der Waals surface area contributed by atoms with Crippen LogP contribution in [0.2, 0.25) is 0 Å². The van der Waals surface area contributed by atoms with E-state index in [1.54, 1.807) is 0 Å². The van der Waals surface area contributed by atoms with Gasteiger partial charge in [-0.15, -0.1) is 0 Å². The Labute approximate surface area is 363 Å². The van der Waals surface area contributed by atoms with E-state index in [1.807, 2.05) is 0 Å². The molecular formula is C46H89O13P.